The number of aliphatic hydroxyl groups excluding tert-OH is 1. The van der Waals surface area contributed by atoms with E-state index in [0.29, 0.717) is 30.7 Å². The second kappa shape index (κ2) is 8.65. The van der Waals surface area contributed by atoms with Gasteiger partial charge in [0.15, 0.2) is 0 Å². The maximum atomic E-state index is 12.9. The van der Waals surface area contributed by atoms with E-state index >= 15 is 0 Å². The number of likely N-dealkylation sites (N-methyl/N-ethyl adjacent to an activating group) is 1. The van der Waals surface area contributed by atoms with Gasteiger partial charge >= 0.3 is 0 Å². The molecule has 2 aromatic rings. The Kier molecular flexibility index (Phi) is 6.37. The number of carboxylic acid groups (broad SMARTS) is 1. The molecule has 4 atom stereocenters. The molecule has 2 fully saturated rings. The summed E-state index contributed by atoms with van der Waals surface area (Å²) in [6.45, 7) is 6.29. The summed E-state index contributed by atoms with van der Waals surface area (Å²) in [6, 6.07) is 2.08. The van der Waals surface area contributed by atoms with Crippen molar-refractivity contribution >= 4 is 17.7 Å². The first-order valence-corrected chi connectivity index (χ1v) is 10.1. The third-order valence-electron chi connectivity index (χ3n) is 5.87. The van der Waals surface area contributed by atoms with E-state index in [4.69, 9.17) is 9.90 Å². The molecule has 1 amide bonds. The number of likely N-dealkylation sites (tertiary alicyclic amines) is 1. The Morgan fingerprint density at radius 2 is 1.73 bits per heavy atom. The van der Waals surface area contributed by atoms with Crippen molar-refractivity contribution < 1.29 is 19.8 Å². The number of carboxylic acids is 1. The lowest BCUT2D eigenvalue weighted by Gasteiger charge is -2.38. The molecule has 10 nitrogen and oxygen atoms in total. The molecular weight excluding hydrogens is 388 g/mol. The average Bonchev–Trinajstić information content (AvgIpc) is 3.23. The van der Waals surface area contributed by atoms with Crippen LogP contribution in [0.25, 0.3) is 5.78 Å². The van der Waals surface area contributed by atoms with E-state index < -0.39 is 5.97 Å². The van der Waals surface area contributed by atoms with Gasteiger partial charge in [-0.1, -0.05) is 0 Å². The first-order valence-electron chi connectivity index (χ1n) is 10.1. The van der Waals surface area contributed by atoms with Crippen LogP contribution in [0.3, 0.4) is 0 Å². The van der Waals surface area contributed by atoms with Gasteiger partial charge in [0.2, 0.25) is 5.82 Å². The molecule has 30 heavy (non-hydrogen) atoms. The summed E-state index contributed by atoms with van der Waals surface area (Å²) in [5.41, 5.74) is 1.77. The first-order chi connectivity index (χ1) is 14.1. The molecule has 1 saturated carbocycles. The van der Waals surface area contributed by atoms with Crippen LogP contribution in [0.5, 0.6) is 0 Å². The van der Waals surface area contributed by atoms with E-state index in [1.807, 2.05) is 38.9 Å². The molecule has 0 spiro atoms. The fourth-order valence-corrected chi connectivity index (χ4v) is 4.53. The van der Waals surface area contributed by atoms with Gasteiger partial charge in [0.05, 0.1) is 6.10 Å². The third-order valence-corrected chi connectivity index (χ3v) is 5.87. The van der Waals surface area contributed by atoms with Crippen LogP contribution in [0.2, 0.25) is 0 Å². The molecule has 2 N–H and O–H groups in total. The second-order valence-electron chi connectivity index (χ2n) is 8.51. The van der Waals surface area contributed by atoms with Crippen LogP contribution < -0.4 is 0 Å². The van der Waals surface area contributed by atoms with Crippen LogP contribution in [0.1, 0.15) is 41.8 Å². The maximum absolute atomic E-state index is 12.9. The molecule has 0 aromatic carbocycles. The number of aromatic nitrogens is 4. The van der Waals surface area contributed by atoms with Gasteiger partial charge in [0, 0.05) is 37.4 Å². The van der Waals surface area contributed by atoms with E-state index in [2.05, 4.69) is 20.0 Å². The molecule has 1 aliphatic heterocycles. The van der Waals surface area contributed by atoms with Crippen molar-refractivity contribution in [3.05, 3.63) is 23.3 Å². The lowest BCUT2D eigenvalue weighted by atomic mass is 9.77. The topological polar surface area (TPSA) is 124 Å². The number of carbonyl (C=O) groups is 2. The number of rotatable bonds is 2. The number of hydrogen-bond acceptors (Lipinski definition) is 7. The number of nitrogens with zero attached hydrogens (tertiary/aromatic N) is 6. The van der Waals surface area contributed by atoms with E-state index in [1.54, 1.807) is 4.52 Å². The normalized spacial score (nSPS) is 25.8. The second-order valence-corrected chi connectivity index (χ2v) is 8.51. The molecule has 0 unspecified atom stereocenters. The van der Waals surface area contributed by atoms with Crippen molar-refractivity contribution in [2.45, 2.75) is 45.8 Å². The van der Waals surface area contributed by atoms with Crippen molar-refractivity contribution in [2.75, 3.05) is 27.2 Å². The average molecular weight is 418 g/mol. The highest BCUT2D eigenvalue weighted by Crippen LogP contribution is 2.38. The summed E-state index contributed by atoms with van der Waals surface area (Å²) < 4.78 is 1.62. The summed E-state index contributed by atoms with van der Waals surface area (Å²) in [5, 5.41) is 22.2. The predicted octanol–water partition coefficient (Wildman–Crippen LogP) is 0.605. The molecule has 2 aromatic heterocycles. The Hall–Kier alpha value is -2.59. The minimum Gasteiger partial charge on any atom is -0.481 e. The van der Waals surface area contributed by atoms with Gasteiger partial charge in [-0.05, 0) is 58.7 Å². The van der Waals surface area contributed by atoms with Crippen molar-refractivity contribution in [1.29, 1.82) is 0 Å². The number of aryl methyl sites for hydroxylation is 2. The van der Waals surface area contributed by atoms with Crippen LogP contribution in [-0.2, 0) is 4.79 Å². The summed E-state index contributed by atoms with van der Waals surface area (Å²) in [7, 11) is 4.01. The quantitative estimate of drug-likeness (QED) is 0.727. The fraction of sp³-hybridized carbons (Fsp3) is 0.650. The molecule has 0 bridgehead atoms. The Bertz CT molecular complexity index is 939. The highest BCUT2D eigenvalue weighted by molar-refractivity contribution is 5.91. The summed E-state index contributed by atoms with van der Waals surface area (Å²) in [5.74, 6) is 0.469. The molecular formula is C20H30N6O4. The van der Waals surface area contributed by atoms with Crippen molar-refractivity contribution in [3.8, 4) is 0 Å². The third kappa shape index (κ3) is 4.59. The smallest absolute Gasteiger partial charge is 0.300 e. The highest BCUT2D eigenvalue weighted by atomic mass is 16.4. The fourth-order valence-electron chi connectivity index (χ4n) is 4.53. The van der Waals surface area contributed by atoms with E-state index in [-0.39, 0.29) is 23.9 Å². The minimum atomic E-state index is -0.833. The predicted molar refractivity (Wildman–Crippen MR) is 109 cm³/mol. The molecule has 2 aliphatic rings. The van der Waals surface area contributed by atoms with E-state index in [9.17, 15) is 9.90 Å². The SMILES string of the molecule is CC(=O)O.Cc1cc(C)n2nc(C(=O)N3C[C@H]4C[C@@H](N(C)C)[C@H](O)C[C@H]4C3)nc2n1. The number of amides is 1. The minimum absolute atomic E-state index is 0.141. The van der Waals surface area contributed by atoms with Crippen LogP contribution >= 0.6 is 0 Å². The number of aliphatic hydroxyl groups is 1. The van der Waals surface area contributed by atoms with E-state index in [0.717, 1.165) is 31.2 Å². The first kappa shape index (κ1) is 22.1. The van der Waals surface area contributed by atoms with Gasteiger partial charge in [-0.15, -0.1) is 5.10 Å². The maximum Gasteiger partial charge on any atom is 0.300 e. The zero-order valence-corrected chi connectivity index (χ0v) is 18.1. The Balaban J connectivity index is 0.000000589. The van der Waals surface area contributed by atoms with Crippen molar-refractivity contribution in [1.82, 2.24) is 29.4 Å². The zero-order chi connectivity index (χ0) is 22.2. The molecule has 3 heterocycles. The van der Waals surface area contributed by atoms with Crippen molar-refractivity contribution in [2.24, 2.45) is 11.8 Å². The Morgan fingerprint density at radius 1 is 1.13 bits per heavy atom. The van der Waals surface area contributed by atoms with Gasteiger partial charge in [-0.25, -0.2) is 9.50 Å². The van der Waals surface area contributed by atoms with Crippen LogP contribution in [0.15, 0.2) is 6.07 Å². The van der Waals surface area contributed by atoms with Gasteiger partial charge in [0.1, 0.15) is 0 Å². The molecule has 0 radical (unpaired) electrons. The summed E-state index contributed by atoms with van der Waals surface area (Å²) in [6.07, 6.45) is 1.33. The molecule has 1 aliphatic carbocycles. The number of hydrogen-bond donors (Lipinski definition) is 2. The van der Waals surface area contributed by atoms with Gasteiger partial charge in [0.25, 0.3) is 17.7 Å². The number of fused-ring (bicyclic) bond motifs is 2. The van der Waals surface area contributed by atoms with Gasteiger partial charge in [-0.2, -0.15) is 4.98 Å². The zero-order valence-electron chi connectivity index (χ0n) is 18.1. The standard InChI is InChI=1S/C18H26N6O2.C2H4O2/c1-10-5-11(2)24-18(19-10)20-16(21-24)17(26)23-8-12-6-14(22(3)4)15(25)7-13(12)9-23;1-2(3)4/h5,12-15,25H,6-9H2,1-4H3;1H3,(H,3,4)/t12-,13+,14-,15-;/m1./s1. The van der Waals surface area contributed by atoms with Crippen LogP contribution in [0, 0.1) is 25.7 Å². The summed E-state index contributed by atoms with van der Waals surface area (Å²) >= 11 is 0. The Labute approximate surface area is 175 Å². The highest BCUT2D eigenvalue weighted by Gasteiger charge is 2.44. The molecule has 1 saturated heterocycles. The van der Waals surface area contributed by atoms with Crippen molar-refractivity contribution in [3.63, 3.8) is 0 Å². The van der Waals surface area contributed by atoms with Crippen LogP contribution in [-0.4, -0.2) is 90.8 Å². The number of carbonyl (C=O) groups excluding carboxylic acids is 1. The molecule has 4 rings (SSSR count). The van der Waals surface area contributed by atoms with Crippen LogP contribution in [0.4, 0.5) is 0 Å². The largest absolute Gasteiger partial charge is 0.481 e. The molecule has 164 valence electrons. The molecule has 10 heteroatoms. The Morgan fingerprint density at radius 3 is 2.33 bits per heavy atom. The summed E-state index contributed by atoms with van der Waals surface area (Å²) in [4.78, 5) is 34.6. The van der Waals surface area contributed by atoms with Gasteiger partial charge in [-0.3, -0.25) is 9.59 Å². The monoisotopic (exact) mass is 418 g/mol. The van der Waals surface area contributed by atoms with E-state index in [1.165, 1.54) is 0 Å². The lowest BCUT2D eigenvalue weighted by Crippen LogP contribution is -2.46. The van der Waals surface area contributed by atoms with Gasteiger partial charge < -0.3 is 20.0 Å². The lowest BCUT2D eigenvalue weighted by molar-refractivity contribution is -0.134. The number of aliphatic carboxylic acids is 1.